The number of aromatic nitrogens is 1. The summed E-state index contributed by atoms with van der Waals surface area (Å²) in [7, 11) is 1.38. The van der Waals surface area contributed by atoms with Gasteiger partial charge in [-0.25, -0.2) is 0 Å². The normalized spacial score (nSPS) is 24.5. The van der Waals surface area contributed by atoms with Gasteiger partial charge in [0.25, 0.3) is 0 Å². The van der Waals surface area contributed by atoms with Crippen LogP contribution in [0.4, 0.5) is 0 Å². The highest BCUT2D eigenvalue weighted by Crippen LogP contribution is 2.32. The smallest absolute Gasteiger partial charge is 0.308 e. The molecule has 2 rings (SSSR count). The van der Waals surface area contributed by atoms with Gasteiger partial charge in [0.2, 0.25) is 5.91 Å². The van der Waals surface area contributed by atoms with Gasteiger partial charge in [-0.3, -0.25) is 14.6 Å². The zero-order valence-corrected chi connectivity index (χ0v) is 12.7. The summed E-state index contributed by atoms with van der Waals surface area (Å²) < 4.78 is 4.73. The average molecular weight is 306 g/mol. The molecule has 1 fully saturated rings. The van der Waals surface area contributed by atoms with Gasteiger partial charge in [0.1, 0.15) is 0 Å². The molecule has 0 unspecified atom stereocenters. The number of nitrogens with one attached hydrogen (secondary N) is 1. The van der Waals surface area contributed by atoms with Crippen molar-refractivity contribution in [3.05, 3.63) is 30.1 Å². The number of rotatable bonds is 5. The first-order valence-electron chi connectivity index (χ1n) is 7.49. The first kappa shape index (κ1) is 16.4. The first-order chi connectivity index (χ1) is 10.5. The number of aliphatic hydroxyl groups is 1. The molecule has 1 saturated carbocycles. The lowest BCUT2D eigenvalue weighted by atomic mass is 9.79. The van der Waals surface area contributed by atoms with Crippen LogP contribution in [0, 0.1) is 5.92 Å². The summed E-state index contributed by atoms with van der Waals surface area (Å²) in [5.74, 6) is -0.530. The summed E-state index contributed by atoms with van der Waals surface area (Å²) in [6.45, 7) is 0.201. The van der Waals surface area contributed by atoms with E-state index in [1.807, 2.05) is 6.07 Å². The van der Waals surface area contributed by atoms with Gasteiger partial charge in [0, 0.05) is 18.4 Å². The van der Waals surface area contributed by atoms with Crippen molar-refractivity contribution in [3.63, 3.8) is 0 Å². The highest BCUT2D eigenvalue weighted by atomic mass is 16.5. The van der Waals surface area contributed by atoms with Crippen molar-refractivity contribution in [2.45, 2.75) is 37.7 Å². The minimum atomic E-state index is -0.940. The van der Waals surface area contributed by atoms with Crippen molar-refractivity contribution < 1.29 is 19.4 Å². The number of pyridine rings is 1. The standard InChI is InChI=1S/C16H22N2O4/c1-22-15(20)12-5-7-16(21,8-6-12)11-18-14(19)10-13-4-2-3-9-17-13/h2-4,9,12,21H,5-8,10-11H2,1H3,(H,18,19). The Bertz CT molecular complexity index is 510. The molecule has 6 nitrogen and oxygen atoms in total. The van der Waals surface area contributed by atoms with Crippen LogP contribution < -0.4 is 5.32 Å². The summed E-state index contributed by atoms with van der Waals surface area (Å²) in [4.78, 5) is 27.4. The Balaban J connectivity index is 1.77. The van der Waals surface area contributed by atoms with E-state index < -0.39 is 5.60 Å². The minimum Gasteiger partial charge on any atom is -0.469 e. The topological polar surface area (TPSA) is 88.5 Å². The second kappa shape index (κ2) is 7.35. The molecule has 1 amide bonds. The Morgan fingerprint density at radius 1 is 1.41 bits per heavy atom. The molecule has 6 heteroatoms. The van der Waals surface area contributed by atoms with E-state index in [1.165, 1.54) is 7.11 Å². The monoisotopic (exact) mass is 306 g/mol. The third-order valence-corrected chi connectivity index (χ3v) is 4.13. The Morgan fingerprint density at radius 2 is 2.14 bits per heavy atom. The lowest BCUT2D eigenvalue weighted by Crippen LogP contribution is -2.46. The lowest BCUT2D eigenvalue weighted by molar-refractivity contribution is -0.148. The number of carbonyl (C=O) groups is 2. The van der Waals surface area contributed by atoms with Crippen LogP contribution in [0.25, 0.3) is 0 Å². The maximum atomic E-state index is 11.9. The van der Waals surface area contributed by atoms with E-state index in [-0.39, 0.29) is 30.8 Å². The largest absolute Gasteiger partial charge is 0.469 e. The van der Waals surface area contributed by atoms with Crippen molar-refractivity contribution in [3.8, 4) is 0 Å². The molecule has 0 saturated heterocycles. The summed E-state index contributed by atoms with van der Waals surface area (Å²) in [5.41, 5.74) is -0.244. The SMILES string of the molecule is COC(=O)C1CCC(O)(CNC(=O)Cc2ccccn2)CC1. The van der Waals surface area contributed by atoms with E-state index in [0.717, 1.165) is 0 Å². The second-order valence-electron chi connectivity index (χ2n) is 5.80. The van der Waals surface area contributed by atoms with Crippen LogP contribution in [0.3, 0.4) is 0 Å². The zero-order valence-electron chi connectivity index (χ0n) is 12.7. The van der Waals surface area contributed by atoms with Crippen molar-refractivity contribution in [1.29, 1.82) is 0 Å². The Kier molecular flexibility index (Phi) is 5.49. The van der Waals surface area contributed by atoms with E-state index in [1.54, 1.807) is 18.3 Å². The fraction of sp³-hybridized carbons (Fsp3) is 0.562. The number of hydrogen-bond acceptors (Lipinski definition) is 5. The molecule has 1 aromatic rings. The van der Waals surface area contributed by atoms with E-state index in [0.29, 0.717) is 31.4 Å². The Hall–Kier alpha value is -1.95. The minimum absolute atomic E-state index is 0.144. The molecular weight excluding hydrogens is 284 g/mol. The molecule has 1 aromatic heterocycles. The molecule has 2 N–H and O–H groups in total. The summed E-state index contributed by atoms with van der Waals surface area (Å²) in [6, 6.07) is 5.41. The van der Waals surface area contributed by atoms with Crippen LogP contribution in [-0.4, -0.2) is 41.2 Å². The molecule has 0 aliphatic heterocycles. The molecule has 0 atom stereocenters. The third-order valence-electron chi connectivity index (χ3n) is 4.13. The third kappa shape index (κ3) is 4.53. The van der Waals surface area contributed by atoms with Crippen LogP contribution in [-0.2, 0) is 20.7 Å². The van der Waals surface area contributed by atoms with Crippen LogP contribution >= 0.6 is 0 Å². The van der Waals surface area contributed by atoms with Gasteiger partial charge < -0.3 is 15.2 Å². The molecule has 0 bridgehead atoms. The number of carbonyl (C=O) groups excluding carboxylic acids is 2. The van der Waals surface area contributed by atoms with E-state index in [4.69, 9.17) is 4.74 Å². The predicted molar refractivity (Wildman–Crippen MR) is 79.9 cm³/mol. The number of esters is 1. The molecule has 120 valence electrons. The molecular formula is C16H22N2O4. The number of nitrogens with zero attached hydrogens (tertiary/aromatic N) is 1. The second-order valence-corrected chi connectivity index (χ2v) is 5.80. The van der Waals surface area contributed by atoms with Gasteiger partial charge in [-0.15, -0.1) is 0 Å². The van der Waals surface area contributed by atoms with Crippen molar-refractivity contribution in [1.82, 2.24) is 10.3 Å². The number of methoxy groups -OCH3 is 1. The molecule has 0 radical (unpaired) electrons. The lowest BCUT2D eigenvalue weighted by Gasteiger charge is -2.35. The molecule has 0 spiro atoms. The highest BCUT2D eigenvalue weighted by Gasteiger charge is 2.36. The quantitative estimate of drug-likeness (QED) is 0.787. The number of hydrogen-bond donors (Lipinski definition) is 2. The van der Waals surface area contributed by atoms with Crippen LogP contribution in [0.2, 0.25) is 0 Å². The van der Waals surface area contributed by atoms with Crippen molar-refractivity contribution in [2.75, 3.05) is 13.7 Å². The molecule has 0 aromatic carbocycles. The number of ether oxygens (including phenoxy) is 1. The van der Waals surface area contributed by atoms with Gasteiger partial charge >= 0.3 is 5.97 Å². The van der Waals surface area contributed by atoms with Crippen LogP contribution in [0.1, 0.15) is 31.4 Å². The van der Waals surface area contributed by atoms with E-state index >= 15 is 0 Å². The van der Waals surface area contributed by atoms with Crippen molar-refractivity contribution in [2.24, 2.45) is 5.92 Å². The fourth-order valence-electron chi connectivity index (χ4n) is 2.73. The maximum Gasteiger partial charge on any atom is 0.308 e. The predicted octanol–water partition coefficient (Wildman–Crippen LogP) is 0.835. The number of amides is 1. The molecule has 1 heterocycles. The van der Waals surface area contributed by atoms with Gasteiger partial charge in [-0.05, 0) is 37.8 Å². The summed E-state index contributed by atoms with van der Waals surface area (Å²) in [5, 5.41) is 13.2. The van der Waals surface area contributed by atoms with Crippen molar-refractivity contribution >= 4 is 11.9 Å². The first-order valence-corrected chi connectivity index (χ1v) is 7.49. The van der Waals surface area contributed by atoms with Gasteiger partial charge in [-0.1, -0.05) is 6.07 Å². The molecule has 22 heavy (non-hydrogen) atoms. The van der Waals surface area contributed by atoms with E-state index in [2.05, 4.69) is 10.3 Å². The van der Waals surface area contributed by atoms with Gasteiger partial charge in [-0.2, -0.15) is 0 Å². The Morgan fingerprint density at radius 3 is 2.73 bits per heavy atom. The molecule has 1 aliphatic carbocycles. The van der Waals surface area contributed by atoms with Gasteiger partial charge in [0.15, 0.2) is 0 Å². The Labute approximate surface area is 129 Å². The highest BCUT2D eigenvalue weighted by molar-refractivity contribution is 5.78. The average Bonchev–Trinajstić information content (AvgIpc) is 2.54. The van der Waals surface area contributed by atoms with E-state index in [9.17, 15) is 14.7 Å². The fourth-order valence-corrected chi connectivity index (χ4v) is 2.73. The van der Waals surface area contributed by atoms with Crippen LogP contribution in [0.5, 0.6) is 0 Å². The summed E-state index contributed by atoms with van der Waals surface area (Å²) in [6.07, 6.45) is 3.97. The summed E-state index contributed by atoms with van der Waals surface area (Å²) >= 11 is 0. The molecule has 1 aliphatic rings. The zero-order chi connectivity index (χ0) is 16.0. The van der Waals surface area contributed by atoms with Gasteiger partial charge in [0.05, 0.1) is 25.0 Å². The van der Waals surface area contributed by atoms with Crippen LogP contribution in [0.15, 0.2) is 24.4 Å². The maximum absolute atomic E-state index is 11.9.